The Morgan fingerprint density at radius 2 is 1.89 bits per heavy atom. The first kappa shape index (κ1) is 29.2. The molecule has 234 valence electrons. The van der Waals surface area contributed by atoms with Crippen molar-refractivity contribution in [2.45, 2.75) is 81.5 Å². The zero-order chi connectivity index (χ0) is 30.9. The summed E-state index contributed by atoms with van der Waals surface area (Å²) in [7, 11) is 3.54. The molecule has 0 bridgehead atoms. The number of alkyl halides is 3. The van der Waals surface area contributed by atoms with Crippen LogP contribution in [0.1, 0.15) is 77.5 Å². The van der Waals surface area contributed by atoms with Crippen LogP contribution in [0.4, 0.5) is 18.9 Å². The molecule has 3 heterocycles. The maximum atomic E-state index is 14.4. The molecule has 2 aliphatic carbocycles. The van der Waals surface area contributed by atoms with Crippen LogP contribution in [-0.2, 0) is 41.2 Å². The van der Waals surface area contributed by atoms with Crippen LogP contribution in [0.15, 0.2) is 36.7 Å². The van der Waals surface area contributed by atoms with Crippen LogP contribution in [0.3, 0.4) is 0 Å². The average molecular weight is 612 g/mol. The Hall–Kier alpha value is -3.48. The van der Waals surface area contributed by atoms with E-state index in [0.29, 0.717) is 43.1 Å². The fourth-order valence-corrected chi connectivity index (χ4v) is 6.94. The number of anilines is 1. The lowest BCUT2D eigenvalue weighted by atomic mass is 9.62. The van der Waals surface area contributed by atoms with Gasteiger partial charge < -0.3 is 29.0 Å². The van der Waals surface area contributed by atoms with Crippen LogP contribution in [0, 0.1) is 0 Å². The molecule has 1 amide bonds. The summed E-state index contributed by atoms with van der Waals surface area (Å²) in [5, 5.41) is 11.9. The predicted octanol–water partition coefficient (Wildman–Crippen LogP) is 4.90. The van der Waals surface area contributed by atoms with Crippen LogP contribution in [0.5, 0.6) is 5.75 Å². The van der Waals surface area contributed by atoms with E-state index in [1.165, 1.54) is 11.0 Å². The van der Waals surface area contributed by atoms with E-state index in [0.717, 1.165) is 30.7 Å². The van der Waals surface area contributed by atoms with Crippen molar-refractivity contribution in [3.8, 4) is 5.75 Å². The number of hydrogen-bond acceptors (Lipinski definition) is 7. The second kappa shape index (κ2) is 10.6. The zero-order valence-electron chi connectivity index (χ0n) is 25.0. The molecule has 1 N–H and O–H groups in total. The number of halogens is 3. The molecule has 4 aliphatic rings. The predicted molar refractivity (Wildman–Crippen MR) is 155 cm³/mol. The third-order valence-electron chi connectivity index (χ3n) is 9.87. The molecule has 1 saturated heterocycles. The van der Waals surface area contributed by atoms with Crippen molar-refractivity contribution in [2.24, 2.45) is 7.05 Å². The second-order valence-electron chi connectivity index (χ2n) is 12.9. The van der Waals surface area contributed by atoms with Crippen molar-refractivity contribution in [2.75, 3.05) is 25.2 Å². The molecule has 0 unspecified atom stereocenters. The quantitative estimate of drug-likeness (QED) is 0.368. The largest absolute Gasteiger partial charge is 0.486 e. The van der Waals surface area contributed by atoms with E-state index in [1.54, 1.807) is 25.6 Å². The zero-order valence-corrected chi connectivity index (χ0v) is 25.0. The Morgan fingerprint density at radius 1 is 1.11 bits per heavy atom. The number of fused-ring (bicyclic) bond motifs is 1. The summed E-state index contributed by atoms with van der Waals surface area (Å²) in [5.74, 6) is 0.800. The molecule has 2 saturated carbocycles. The van der Waals surface area contributed by atoms with Gasteiger partial charge in [-0.05, 0) is 80.0 Å². The minimum atomic E-state index is -4.60. The van der Waals surface area contributed by atoms with Gasteiger partial charge >= 0.3 is 6.18 Å². The molecule has 3 aromatic rings. The number of methoxy groups -OCH3 is 1. The van der Waals surface area contributed by atoms with Crippen LogP contribution < -0.4 is 15.0 Å². The molecule has 0 atom stereocenters. The Kier molecular flexibility index (Phi) is 7.02. The van der Waals surface area contributed by atoms with Crippen molar-refractivity contribution < 1.29 is 32.2 Å². The van der Waals surface area contributed by atoms with Crippen molar-refractivity contribution in [1.29, 1.82) is 0 Å². The summed E-state index contributed by atoms with van der Waals surface area (Å²) >= 11 is 0. The van der Waals surface area contributed by atoms with Crippen molar-refractivity contribution in [3.05, 3.63) is 70.3 Å². The van der Waals surface area contributed by atoms with Crippen LogP contribution in [0.25, 0.3) is 0 Å². The monoisotopic (exact) mass is 611 g/mol. The number of nitrogens with one attached hydrogen (secondary N) is 1. The first-order chi connectivity index (χ1) is 21.0. The number of nitrogens with zero attached hydrogens (tertiary/aromatic N) is 4. The number of aromatic nitrogens is 3. The molecule has 0 radical (unpaired) electrons. The number of amides is 1. The number of rotatable bonds is 9. The fourth-order valence-electron chi connectivity index (χ4n) is 6.94. The molecule has 0 spiro atoms. The van der Waals surface area contributed by atoms with Gasteiger partial charge in [0, 0.05) is 43.6 Å². The molecule has 44 heavy (non-hydrogen) atoms. The van der Waals surface area contributed by atoms with Crippen LogP contribution in [-0.4, -0.2) is 58.7 Å². The third kappa shape index (κ3) is 4.96. The SMILES string of the molecule is CO[C@H]1C[C@@](c2cc(OC3COC3)cc(N3Cc4c(cc(CNC5(C)CCC5)cc4C(F)(F)F)C3=O)c2)(c2nncn2C)C1. The van der Waals surface area contributed by atoms with Crippen LogP contribution in [0.2, 0.25) is 0 Å². The number of ether oxygens (including phenoxy) is 3. The smallest absolute Gasteiger partial charge is 0.416 e. The highest BCUT2D eigenvalue weighted by Gasteiger charge is 2.51. The summed E-state index contributed by atoms with van der Waals surface area (Å²) in [4.78, 5) is 15.4. The van der Waals surface area contributed by atoms with E-state index in [1.807, 2.05) is 23.7 Å². The normalized spacial score (nSPS) is 24.5. The van der Waals surface area contributed by atoms with E-state index in [2.05, 4.69) is 22.4 Å². The van der Waals surface area contributed by atoms with E-state index in [4.69, 9.17) is 14.2 Å². The van der Waals surface area contributed by atoms with E-state index in [9.17, 15) is 18.0 Å². The van der Waals surface area contributed by atoms with Gasteiger partial charge in [-0.25, -0.2) is 0 Å². The van der Waals surface area contributed by atoms with Gasteiger partial charge in [0.05, 0.1) is 36.8 Å². The van der Waals surface area contributed by atoms with E-state index in [-0.39, 0.29) is 42.0 Å². The topological polar surface area (TPSA) is 90.7 Å². The number of aryl methyl sites for hydroxylation is 1. The third-order valence-corrected chi connectivity index (χ3v) is 9.87. The lowest BCUT2D eigenvalue weighted by Crippen LogP contribution is -2.48. The van der Waals surface area contributed by atoms with E-state index >= 15 is 0 Å². The van der Waals surface area contributed by atoms with E-state index < -0.39 is 23.1 Å². The summed E-state index contributed by atoms with van der Waals surface area (Å²) in [5.41, 5.74) is 0.414. The summed E-state index contributed by atoms with van der Waals surface area (Å²) in [6.45, 7) is 3.03. The van der Waals surface area contributed by atoms with Crippen molar-refractivity contribution in [3.63, 3.8) is 0 Å². The maximum absolute atomic E-state index is 14.4. The van der Waals surface area contributed by atoms with Gasteiger partial charge in [-0.15, -0.1) is 10.2 Å². The lowest BCUT2D eigenvalue weighted by molar-refractivity contribution is -0.138. The van der Waals surface area contributed by atoms with Gasteiger partial charge in [0.2, 0.25) is 0 Å². The highest BCUT2D eigenvalue weighted by Crippen LogP contribution is 2.51. The Balaban J connectivity index is 1.28. The van der Waals surface area contributed by atoms with Gasteiger partial charge in [0.1, 0.15) is 24.0 Å². The Morgan fingerprint density at radius 3 is 2.48 bits per heavy atom. The first-order valence-electron chi connectivity index (χ1n) is 15.1. The fraction of sp³-hybridized carbons (Fsp3) is 0.531. The standard InChI is InChI=1S/C32H36F3N5O4/c1-30(5-4-6-30)36-14-19-7-25-26(27(8-19)32(33,34)35)15-40(28(25)41)21-9-20(10-22(11-21)44-24-16-43-17-24)31(12-23(13-31)42-3)29-38-37-18-39(29)2/h7-11,18,23-24,36H,4-6,12-17H2,1-3H3/t23-,31+. The average Bonchev–Trinajstić information content (AvgIpc) is 3.50. The molecule has 2 aromatic carbocycles. The molecule has 3 fully saturated rings. The number of carbonyl (C=O) groups is 1. The molecule has 9 nitrogen and oxygen atoms in total. The molecule has 1 aromatic heterocycles. The van der Waals surface area contributed by atoms with Gasteiger partial charge in [0.25, 0.3) is 5.91 Å². The second-order valence-corrected chi connectivity index (χ2v) is 12.9. The number of hydrogen-bond donors (Lipinski definition) is 1. The summed E-state index contributed by atoms with van der Waals surface area (Å²) < 4.78 is 62.3. The minimum absolute atomic E-state index is 0.000925. The Labute approximate surface area is 253 Å². The first-order valence-corrected chi connectivity index (χ1v) is 15.1. The molecule has 12 heteroatoms. The van der Waals surface area contributed by atoms with Gasteiger partial charge in [-0.3, -0.25) is 4.79 Å². The molecular weight excluding hydrogens is 575 g/mol. The lowest BCUT2D eigenvalue weighted by Gasteiger charge is -2.46. The van der Waals surface area contributed by atoms with Gasteiger partial charge in [-0.2, -0.15) is 13.2 Å². The maximum Gasteiger partial charge on any atom is 0.416 e. The van der Waals surface area contributed by atoms with Crippen molar-refractivity contribution >= 4 is 11.6 Å². The number of benzene rings is 2. The van der Waals surface area contributed by atoms with Gasteiger partial charge in [-0.1, -0.05) is 0 Å². The highest BCUT2D eigenvalue weighted by atomic mass is 19.4. The van der Waals surface area contributed by atoms with Gasteiger partial charge in [0.15, 0.2) is 0 Å². The Bertz CT molecular complexity index is 1590. The minimum Gasteiger partial charge on any atom is -0.486 e. The summed E-state index contributed by atoms with van der Waals surface area (Å²) in [6.07, 6.45) is 1.21. The number of carbonyl (C=O) groups excluding carboxylic acids is 1. The molecular formula is C32H36F3N5O4. The van der Waals surface area contributed by atoms with Crippen LogP contribution >= 0.6 is 0 Å². The summed E-state index contributed by atoms with van der Waals surface area (Å²) in [6, 6.07) is 8.35. The highest BCUT2D eigenvalue weighted by molar-refractivity contribution is 6.10. The molecule has 2 aliphatic heterocycles. The molecule has 7 rings (SSSR count). The van der Waals surface area contributed by atoms with Crippen molar-refractivity contribution in [1.82, 2.24) is 20.1 Å².